The van der Waals surface area contributed by atoms with Crippen LogP contribution in [0.1, 0.15) is 20.8 Å². The van der Waals surface area contributed by atoms with Crippen molar-refractivity contribution in [1.82, 2.24) is 0 Å². The fourth-order valence-corrected chi connectivity index (χ4v) is 2.07. The van der Waals surface area contributed by atoms with Crippen molar-refractivity contribution >= 4 is 21.6 Å². The average Bonchev–Trinajstić information content (AvgIpc) is 2.47. The summed E-state index contributed by atoms with van der Waals surface area (Å²) >= 11 is 1.69. The minimum atomic E-state index is -0.158. The number of benzene rings is 1. The minimum absolute atomic E-state index is 0.158. The second-order valence-corrected chi connectivity index (χ2v) is 5.11. The molecule has 0 atom stereocenters. The van der Waals surface area contributed by atoms with Crippen LogP contribution < -0.4 is 9.57 Å². The van der Waals surface area contributed by atoms with Crippen LogP contribution in [-0.2, 0) is 0 Å². The number of fused-ring (bicyclic) bond motifs is 1. The van der Waals surface area contributed by atoms with Crippen LogP contribution in [0.2, 0.25) is 0 Å². The molecule has 1 aromatic heterocycles. The van der Waals surface area contributed by atoms with Gasteiger partial charge in [0.1, 0.15) is 4.70 Å². The summed E-state index contributed by atoms with van der Waals surface area (Å²) in [5.74, 6) is 0. The topological polar surface area (TPSA) is 13.1 Å². The summed E-state index contributed by atoms with van der Waals surface area (Å²) in [4.78, 5) is 5.78. The lowest BCUT2D eigenvalue weighted by molar-refractivity contribution is -0.883. The first kappa shape index (κ1) is 9.46. The molecule has 0 spiro atoms. The third-order valence-corrected chi connectivity index (χ3v) is 2.65. The first-order valence-corrected chi connectivity index (χ1v) is 5.52. The Morgan fingerprint density at radius 3 is 2.64 bits per heavy atom. The molecule has 0 fully saturated rings. The Balaban J connectivity index is 2.44. The van der Waals surface area contributed by atoms with Gasteiger partial charge in [0.25, 0.3) is 11.0 Å². The second kappa shape index (κ2) is 3.24. The van der Waals surface area contributed by atoms with E-state index in [0.717, 1.165) is 5.52 Å². The number of nitrogens with zero attached hydrogens (tertiary/aromatic N) is 1. The van der Waals surface area contributed by atoms with Gasteiger partial charge in [0.15, 0.2) is 5.60 Å². The largest absolute Gasteiger partial charge is 0.278 e. The third-order valence-electron chi connectivity index (χ3n) is 1.75. The van der Waals surface area contributed by atoms with E-state index in [1.54, 1.807) is 11.3 Å². The van der Waals surface area contributed by atoms with Crippen LogP contribution in [0.4, 0.5) is 0 Å². The van der Waals surface area contributed by atoms with Gasteiger partial charge in [-0.3, -0.25) is 4.84 Å². The molecule has 2 rings (SSSR count). The monoisotopic (exact) mass is 208 g/mol. The maximum Gasteiger partial charge on any atom is 0.278 e. The van der Waals surface area contributed by atoms with Gasteiger partial charge >= 0.3 is 0 Å². The molecule has 1 aromatic carbocycles. The molecule has 0 saturated heterocycles. The maximum absolute atomic E-state index is 5.78. The molecule has 1 heterocycles. The summed E-state index contributed by atoms with van der Waals surface area (Å²) in [6, 6.07) is 8.23. The van der Waals surface area contributed by atoms with Crippen molar-refractivity contribution < 1.29 is 9.57 Å². The highest BCUT2D eigenvalue weighted by Gasteiger charge is 2.21. The van der Waals surface area contributed by atoms with Crippen LogP contribution in [-0.4, -0.2) is 5.60 Å². The predicted molar refractivity (Wildman–Crippen MR) is 58.4 cm³/mol. The van der Waals surface area contributed by atoms with Crippen LogP contribution in [0.15, 0.2) is 29.8 Å². The average molecular weight is 208 g/mol. The number of thiazole rings is 1. The van der Waals surface area contributed by atoms with Gasteiger partial charge in [0.2, 0.25) is 0 Å². The van der Waals surface area contributed by atoms with E-state index in [-0.39, 0.29) is 5.60 Å². The Morgan fingerprint density at radius 1 is 1.21 bits per heavy atom. The van der Waals surface area contributed by atoms with Crippen LogP contribution in [0, 0.1) is 0 Å². The Hall–Kier alpha value is -1.09. The van der Waals surface area contributed by atoms with Gasteiger partial charge in [0, 0.05) is 10.8 Å². The first-order valence-electron chi connectivity index (χ1n) is 4.64. The number of hydrogen-bond acceptors (Lipinski definition) is 2. The maximum atomic E-state index is 5.78. The molecule has 0 unspecified atom stereocenters. The highest BCUT2D eigenvalue weighted by Crippen LogP contribution is 2.15. The first-order chi connectivity index (χ1) is 6.56. The van der Waals surface area contributed by atoms with Crippen LogP contribution in [0.5, 0.6) is 0 Å². The molecule has 3 heteroatoms. The molecule has 0 aliphatic rings. The molecule has 0 amide bonds. The van der Waals surface area contributed by atoms with Crippen LogP contribution in [0.3, 0.4) is 0 Å². The lowest BCUT2D eigenvalue weighted by atomic mass is 10.2. The van der Waals surface area contributed by atoms with Gasteiger partial charge in [-0.25, -0.2) is 0 Å². The molecular formula is C11H14NOS+. The van der Waals surface area contributed by atoms with E-state index in [4.69, 9.17) is 4.84 Å². The van der Waals surface area contributed by atoms with Crippen molar-refractivity contribution in [1.29, 1.82) is 0 Å². The van der Waals surface area contributed by atoms with E-state index in [2.05, 4.69) is 12.1 Å². The van der Waals surface area contributed by atoms with Crippen molar-refractivity contribution in [3.8, 4) is 0 Å². The zero-order valence-electron chi connectivity index (χ0n) is 8.65. The number of rotatable bonds is 1. The van der Waals surface area contributed by atoms with Crippen molar-refractivity contribution in [3.05, 3.63) is 29.8 Å². The standard InChI is InChI=1S/C11H14NOS/c1-11(2,3)13-12-8-14-10-7-5-4-6-9(10)12/h4-8H,1-3H3/q+1. The Labute approximate surface area is 87.7 Å². The van der Waals surface area contributed by atoms with Crippen LogP contribution in [0.25, 0.3) is 10.2 Å². The Bertz CT molecular complexity index is 442. The molecule has 0 bridgehead atoms. The molecule has 14 heavy (non-hydrogen) atoms. The summed E-state index contributed by atoms with van der Waals surface area (Å²) in [6.07, 6.45) is 0. The van der Waals surface area contributed by atoms with E-state index in [0.29, 0.717) is 0 Å². The van der Waals surface area contributed by atoms with Crippen molar-refractivity contribution in [2.24, 2.45) is 0 Å². The van der Waals surface area contributed by atoms with Gasteiger partial charge in [-0.2, -0.15) is 0 Å². The molecule has 0 saturated carbocycles. The van der Waals surface area contributed by atoms with E-state index in [1.807, 2.05) is 43.1 Å². The van der Waals surface area contributed by atoms with E-state index >= 15 is 0 Å². The molecule has 2 aromatic rings. The molecule has 0 radical (unpaired) electrons. The smallest absolute Gasteiger partial charge is 0.264 e. The van der Waals surface area contributed by atoms with Gasteiger partial charge in [-0.1, -0.05) is 23.5 Å². The van der Waals surface area contributed by atoms with Gasteiger partial charge in [0.05, 0.1) is 0 Å². The molecule has 2 nitrogen and oxygen atoms in total. The normalized spacial score (nSPS) is 11.9. The van der Waals surface area contributed by atoms with Gasteiger partial charge in [-0.05, 0) is 26.8 Å². The quantitative estimate of drug-likeness (QED) is 0.656. The number of para-hydroxylation sites is 1. The van der Waals surface area contributed by atoms with E-state index < -0.39 is 0 Å². The minimum Gasteiger partial charge on any atom is -0.264 e. The zero-order valence-corrected chi connectivity index (χ0v) is 9.47. The second-order valence-electron chi connectivity index (χ2n) is 4.22. The van der Waals surface area contributed by atoms with E-state index in [9.17, 15) is 0 Å². The summed E-state index contributed by atoms with van der Waals surface area (Å²) in [6.45, 7) is 6.14. The third kappa shape index (κ3) is 1.87. The number of aromatic nitrogens is 1. The highest BCUT2D eigenvalue weighted by atomic mass is 32.1. The van der Waals surface area contributed by atoms with Gasteiger partial charge in [-0.15, -0.1) is 0 Å². The Morgan fingerprint density at radius 2 is 1.93 bits per heavy atom. The summed E-state index contributed by atoms with van der Waals surface area (Å²) in [7, 11) is 0. The summed E-state index contributed by atoms with van der Waals surface area (Å²) in [5, 5.41) is 0. The molecule has 0 N–H and O–H groups in total. The van der Waals surface area contributed by atoms with Crippen molar-refractivity contribution in [3.63, 3.8) is 0 Å². The van der Waals surface area contributed by atoms with Crippen molar-refractivity contribution in [2.45, 2.75) is 26.4 Å². The number of hydrogen-bond donors (Lipinski definition) is 0. The molecule has 0 aliphatic carbocycles. The Kier molecular flexibility index (Phi) is 2.19. The molecule has 0 aliphatic heterocycles. The zero-order chi connectivity index (χ0) is 10.2. The molecule has 74 valence electrons. The van der Waals surface area contributed by atoms with Crippen LogP contribution >= 0.6 is 11.3 Å². The summed E-state index contributed by atoms with van der Waals surface area (Å²) < 4.78 is 3.09. The van der Waals surface area contributed by atoms with E-state index in [1.165, 1.54) is 4.70 Å². The van der Waals surface area contributed by atoms with Gasteiger partial charge < -0.3 is 0 Å². The fourth-order valence-electron chi connectivity index (χ4n) is 1.27. The lowest BCUT2D eigenvalue weighted by Crippen LogP contribution is -2.50. The summed E-state index contributed by atoms with van der Waals surface area (Å²) in [5.41, 5.74) is 2.97. The molecular weight excluding hydrogens is 194 g/mol. The highest BCUT2D eigenvalue weighted by molar-refractivity contribution is 7.16. The predicted octanol–water partition coefficient (Wildman–Crippen LogP) is 2.42. The fraction of sp³-hybridized carbons (Fsp3) is 0.364. The SMILES string of the molecule is CC(C)(C)O[n+]1csc2ccccc21. The van der Waals surface area contributed by atoms with Crippen molar-refractivity contribution in [2.75, 3.05) is 0 Å². The lowest BCUT2D eigenvalue weighted by Gasteiger charge is -2.12.